The molecule has 0 fully saturated rings. The van der Waals surface area contributed by atoms with E-state index < -0.39 is 5.41 Å². The molecule has 0 saturated heterocycles. The van der Waals surface area contributed by atoms with Crippen LogP contribution in [0.4, 0.5) is 11.4 Å². The third-order valence-electron chi connectivity index (χ3n) is 4.21. The van der Waals surface area contributed by atoms with Gasteiger partial charge in [0.15, 0.2) is 0 Å². The Labute approximate surface area is 162 Å². The monoisotopic (exact) mass is 365 g/mol. The number of amides is 2. The molecule has 0 unspecified atom stereocenters. The number of carbonyl (C=O) groups excluding carboxylic acids is 2. The minimum Gasteiger partial charge on any atom is -0.326 e. The van der Waals surface area contributed by atoms with Crippen LogP contribution in [0.5, 0.6) is 0 Å². The molecule has 0 spiro atoms. The first-order valence-corrected chi connectivity index (χ1v) is 9.53. The van der Waals surface area contributed by atoms with E-state index >= 15 is 0 Å². The second kappa shape index (κ2) is 9.36. The van der Waals surface area contributed by atoms with Crippen LogP contribution < -0.4 is 10.6 Å². The summed E-state index contributed by atoms with van der Waals surface area (Å²) in [6.07, 6.45) is 3.61. The van der Waals surface area contributed by atoms with E-state index in [4.69, 9.17) is 0 Å². The van der Waals surface area contributed by atoms with Gasteiger partial charge in [0.25, 0.3) is 0 Å². The third-order valence-corrected chi connectivity index (χ3v) is 4.21. The predicted molar refractivity (Wildman–Crippen MR) is 112 cm³/mol. The maximum absolute atomic E-state index is 12.2. The maximum Gasteiger partial charge on any atom is 0.229 e. The lowest BCUT2D eigenvalue weighted by molar-refractivity contribution is -0.123. The second-order valence-electron chi connectivity index (χ2n) is 7.78. The summed E-state index contributed by atoms with van der Waals surface area (Å²) in [5.74, 6) is 0.00325. The zero-order chi connectivity index (χ0) is 19.9. The molecule has 0 aliphatic carbocycles. The zero-order valence-electron chi connectivity index (χ0n) is 16.7. The second-order valence-corrected chi connectivity index (χ2v) is 7.78. The number of benzene rings is 2. The van der Waals surface area contributed by atoms with Crippen molar-refractivity contribution in [2.24, 2.45) is 5.41 Å². The molecule has 2 aromatic rings. The number of rotatable bonds is 7. The summed E-state index contributed by atoms with van der Waals surface area (Å²) in [5.41, 5.74) is 2.85. The predicted octanol–water partition coefficient (Wildman–Crippen LogP) is 5.66. The Morgan fingerprint density at radius 2 is 1.74 bits per heavy atom. The fourth-order valence-electron chi connectivity index (χ4n) is 2.55. The molecule has 27 heavy (non-hydrogen) atoms. The summed E-state index contributed by atoms with van der Waals surface area (Å²) in [6, 6.07) is 16.4. The Bertz CT molecular complexity index is 791. The van der Waals surface area contributed by atoms with Crippen molar-refractivity contribution in [2.45, 2.75) is 53.4 Å². The van der Waals surface area contributed by atoms with E-state index in [1.165, 1.54) is 0 Å². The van der Waals surface area contributed by atoms with Crippen molar-refractivity contribution < 1.29 is 9.59 Å². The number of anilines is 2. The molecule has 0 aromatic heterocycles. The summed E-state index contributed by atoms with van der Waals surface area (Å²) in [5, 5.41) is 5.89. The molecule has 0 saturated carbocycles. The average Bonchev–Trinajstić information content (AvgIpc) is 2.61. The molecule has 0 heterocycles. The van der Waals surface area contributed by atoms with Crippen LogP contribution in [0, 0.1) is 11.5 Å². The molecule has 2 rings (SSSR count). The van der Waals surface area contributed by atoms with Crippen molar-refractivity contribution >= 4 is 23.2 Å². The number of carbonyl (C=O) groups is 2. The van der Waals surface area contributed by atoms with E-state index in [0.29, 0.717) is 6.42 Å². The van der Waals surface area contributed by atoms with Gasteiger partial charge in [0.1, 0.15) is 0 Å². The highest BCUT2D eigenvalue weighted by Gasteiger charge is 2.21. The van der Waals surface area contributed by atoms with E-state index in [1.54, 1.807) is 6.07 Å². The van der Waals surface area contributed by atoms with Gasteiger partial charge in [0, 0.05) is 23.2 Å². The van der Waals surface area contributed by atoms with E-state index in [9.17, 15) is 9.59 Å². The van der Waals surface area contributed by atoms with Crippen LogP contribution in [-0.4, -0.2) is 11.8 Å². The van der Waals surface area contributed by atoms with Gasteiger partial charge in [-0.25, -0.2) is 0 Å². The van der Waals surface area contributed by atoms with Crippen molar-refractivity contribution in [2.75, 3.05) is 10.6 Å². The Kier molecular flexibility index (Phi) is 7.17. The maximum atomic E-state index is 12.2. The molecular weight excluding hydrogens is 336 g/mol. The molecule has 4 nitrogen and oxygen atoms in total. The number of unbranched alkanes of at least 4 members (excludes halogenated alkanes) is 2. The third kappa shape index (κ3) is 6.55. The van der Waals surface area contributed by atoms with E-state index in [1.807, 2.05) is 57.2 Å². The zero-order valence-corrected chi connectivity index (χ0v) is 16.7. The lowest BCUT2D eigenvalue weighted by atomic mass is 9.95. The van der Waals surface area contributed by atoms with Gasteiger partial charge >= 0.3 is 0 Å². The first kappa shape index (κ1) is 20.7. The molecule has 0 bridgehead atoms. The Balaban J connectivity index is 2.11. The SMILES string of the molecule is CCCCCC(=O)Nc1cccc(-c2[c]ccc(NC(=O)C(C)(C)C)c2)c1. The Hall–Kier alpha value is -2.62. The van der Waals surface area contributed by atoms with Gasteiger partial charge in [-0.15, -0.1) is 0 Å². The van der Waals surface area contributed by atoms with Crippen molar-refractivity contribution in [3.63, 3.8) is 0 Å². The smallest absolute Gasteiger partial charge is 0.229 e. The standard InChI is InChI=1S/C23H29N2O2/c1-5-6-7-14-21(26)24-19-12-8-10-17(15-19)18-11-9-13-20(16-18)25-22(27)23(2,3)4/h8-10,12-13,15-16H,5-7,14H2,1-4H3,(H,24,26)(H,25,27). The number of nitrogens with one attached hydrogen (secondary N) is 2. The molecule has 1 radical (unpaired) electrons. The van der Waals surface area contributed by atoms with Gasteiger partial charge in [-0.2, -0.15) is 0 Å². The highest BCUT2D eigenvalue weighted by Crippen LogP contribution is 2.26. The minimum atomic E-state index is -0.457. The van der Waals surface area contributed by atoms with Gasteiger partial charge in [-0.1, -0.05) is 58.7 Å². The first-order valence-electron chi connectivity index (χ1n) is 9.53. The fraction of sp³-hybridized carbons (Fsp3) is 0.391. The van der Waals surface area contributed by atoms with E-state index in [2.05, 4.69) is 23.6 Å². The quantitative estimate of drug-likeness (QED) is 0.622. The van der Waals surface area contributed by atoms with Gasteiger partial charge < -0.3 is 10.6 Å². The number of hydrogen-bond donors (Lipinski definition) is 2. The van der Waals surface area contributed by atoms with Crippen molar-refractivity contribution in [1.29, 1.82) is 0 Å². The fourth-order valence-corrected chi connectivity index (χ4v) is 2.55. The normalized spacial score (nSPS) is 11.1. The van der Waals surface area contributed by atoms with Gasteiger partial charge in [-0.3, -0.25) is 9.59 Å². The Morgan fingerprint density at radius 3 is 2.44 bits per heavy atom. The van der Waals surface area contributed by atoms with Crippen LogP contribution in [0.3, 0.4) is 0 Å². The summed E-state index contributed by atoms with van der Waals surface area (Å²) in [6.45, 7) is 7.76. The van der Waals surface area contributed by atoms with Crippen LogP contribution in [0.1, 0.15) is 53.4 Å². The summed E-state index contributed by atoms with van der Waals surface area (Å²) >= 11 is 0. The topological polar surface area (TPSA) is 58.2 Å². The van der Waals surface area contributed by atoms with Crippen molar-refractivity contribution in [3.05, 3.63) is 48.5 Å². The molecular formula is C23H29N2O2. The molecule has 2 amide bonds. The van der Waals surface area contributed by atoms with E-state index in [0.717, 1.165) is 41.8 Å². The molecule has 143 valence electrons. The van der Waals surface area contributed by atoms with Crippen LogP contribution in [0.25, 0.3) is 11.1 Å². The summed E-state index contributed by atoms with van der Waals surface area (Å²) in [7, 11) is 0. The molecule has 0 aliphatic heterocycles. The van der Waals surface area contributed by atoms with Gasteiger partial charge in [0.2, 0.25) is 11.8 Å². The van der Waals surface area contributed by atoms with Gasteiger partial charge in [0.05, 0.1) is 0 Å². The van der Waals surface area contributed by atoms with Crippen LogP contribution in [0.15, 0.2) is 42.5 Å². The van der Waals surface area contributed by atoms with Crippen LogP contribution >= 0.6 is 0 Å². The first-order chi connectivity index (χ1) is 12.8. The van der Waals surface area contributed by atoms with Crippen molar-refractivity contribution in [3.8, 4) is 11.1 Å². The lowest BCUT2D eigenvalue weighted by Gasteiger charge is -2.18. The highest BCUT2D eigenvalue weighted by molar-refractivity contribution is 5.95. The van der Waals surface area contributed by atoms with Crippen molar-refractivity contribution in [1.82, 2.24) is 0 Å². The van der Waals surface area contributed by atoms with Crippen LogP contribution in [0.2, 0.25) is 0 Å². The van der Waals surface area contributed by atoms with Crippen LogP contribution in [-0.2, 0) is 9.59 Å². The minimum absolute atomic E-state index is 0.0345. The molecule has 4 heteroatoms. The molecule has 2 aromatic carbocycles. The lowest BCUT2D eigenvalue weighted by Crippen LogP contribution is -2.27. The highest BCUT2D eigenvalue weighted by atomic mass is 16.2. The Morgan fingerprint density at radius 1 is 1.00 bits per heavy atom. The molecule has 2 N–H and O–H groups in total. The average molecular weight is 365 g/mol. The largest absolute Gasteiger partial charge is 0.326 e. The van der Waals surface area contributed by atoms with Gasteiger partial charge in [-0.05, 0) is 47.9 Å². The molecule has 0 atom stereocenters. The summed E-state index contributed by atoms with van der Waals surface area (Å²) in [4.78, 5) is 24.2. The molecule has 0 aliphatic rings. The number of hydrogen-bond acceptors (Lipinski definition) is 2. The summed E-state index contributed by atoms with van der Waals surface area (Å²) < 4.78 is 0. The van der Waals surface area contributed by atoms with E-state index in [-0.39, 0.29) is 11.8 Å².